The van der Waals surface area contributed by atoms with E-state index in [9.17, 15) is 0 Å². The smallest absolute Gasteiger partial charge is 0.231 e. The van der Waals surface area contributed by atoms with Crippen LogP contribution >= 0.6 is 15.9 Å². The molecule has 0 saturated carbocycles. The SMILES string of the molecule is CCCc1cc2c(cc1Br)OCO2. The van der Waals surface area contributed by atoms with Crippen LogP contribution < -0.4 is 9.47 Å². The van der Waals surface area contributed by atoms with Gasteiger partial charge in [0.05, 0.1) is 0 Å². The number of fused-ring (bicyclic) bond motifs is 1. The summed E-state index contributed by atoms with van der Waals surface area (Å²) in [5, 5.41) is 0. The third-order valence-electron chi connectivity index (χ3n) is 2.06. The van der Waals surface area contributed by atoms with Gasteiger partial charge in [-0.25, -0.2) is 0 Å². The Kier molecular flexibility index (Phi) is 2.44. The van der Waals surface area contributed by atoms with Gasteiger partial charge >= 0.3 is 0 Å². The molecule has 0 amide bonds. The Morgan fingerprint density at radius 2 is 2.00 bits per heavy atom. The van der Waals surface area contributed by atoms with Gasteiger partial charge in [-0.1, -0.05) is 29.3 Å². The molecule has 1 aliphatic heterocycles. The van der Waals surface area contributed by atoms with Crippen LogP contribution in [0.2, 0.25) is 0 Å². The number of benzene rings is 1. The van der Waals surface area contributed by atoms with Crippen molar-refractivity contribution in [2.45, 2.75) is 19.8 Å². The summed E-state index contributed by atoms with van der Waals surface area (Å²) in [5.41, 5.74) is 1.28. The van der Waals surface area contributed by atoms with E-state index in [4.69, 9.17) is 9.47 Å². The summed E-state index contributed by atoms with van der Waals surface area (Å²) in [4.78, 5) is 0. The van der Waals surface area contributed by atoms with Crippen LogP contribution in [-0.4, -0.2) is 6.79 Å². The zero-order valence-electron chi connectivity index (χ0n) is 7.47. The van der Waals surface area contributed by atoms with E-state index in [1.807, 2.05) is 6.07 Å². The summed E-state index contributed by atoms with van der Waals surface area (Å²) >= 11 is 3.52. The van der Waals surface area contributed by atoms with Crippen molar-refractivity contribution in [1.29, 1.82) is 0 Å². The van der Waals surface area contributed by atoms with Gasteiger partial charge < -0.3 is 9.47 Å². The molecule has 3 heteroatoms. The van der Waals surface area contributed by atoms with Crippen LogP contribution in [0.25, 0.3) is 0 Å². The Bertz CT molecular complexity index is 323. The molecule has 13 heavy (non-hydrogen) atoms. The first kappa shape index (κ1) is 8.88. The molecule has 0 aromatic heterocycles. The molecule has 0 bridgehead atoms. The molecule has 0 N–H and O–H groups in total. The number of ether oxygens (including phenoxy) is 2. The van der Waals surface area contributed by atoms with E-state index in [1.165, 1.54) is 5.56 Å². The molecule has 0 aliphatic carbocycles. The fourth-order valence-corrected chi connectivity index (χ4v) is 1.94. The second-order valence-corrected chi connectivity index (χ2v) is 3.90. The highest BCUT2D eigenvalue weighted by molar-refractivity contribution is 9.10. The van der Waals surface area contributed by atoms with Crippen molar-refractivity contribution >= 4 is 15.9 Å². The number of halogens is 1. The van der Waals surface area contributed by atoms with E-state index in [-0.39, 0.29) is 0 Å². The number of hydrogen-bond acceptors (Lipinski definition) is 2. The molecule has 1 heterocycles. The normalized spacial score (nSPS) is 13.4. The van der Waals surface area contributed by atoms with Crippen LogP contribution in [0.4, 0.5) is 0 Å². The molecular formula is C10H11BrO2. The third-order valence-corrected chi connectivity index (χ3v) is 2.80. The van der Waals surface area contributed by atoms with Crippen molar-refractivity contribution in [2.75, 3.05) is 6.79 Å². The van der Waals surface area contributed by atoms with Crippen LogP contribution in [0.15, 0.2) is 16.6 Å². The van der Waals surface area contributed by atoms with Gasteiger partial charge in [-0.15, -0.1) is 0 Å². The highest BCUT2D eigenvalue weighted by Crippen LogP contribution is 2.37. The zero-order valence-corrected chi connectivity index (χ0v) is 9.06. The molecule has 2 nitrogen and oxygen atoms in total. The minimum atomic E-state index is 0.345. The fourth-order valence-electron chi connectivity index (χ4n) is 1.42. The lowest BCUT2D eigenvalue weighted by molar-refractivity contribution is 0.174. The van der Waals surface area contributed by atoms with Crippen LogP contribution in [0.3, 0.4) is 0 Å². The summed E-state index contributed by atoms with van der Waals surface area (Å²) < 4.78 is 11.7. The van der Waals surface area contributed by atoms with E-state index >= 15 is 0 Å². The molecule has 1 aromatic rings. The highest BCUT2D eigenvalue weighted by atomic mass is 79.9. The van der Waals surface area contributed by atoms with Crippen LogP contribution in [0, 0.1) is 0 Å². The lowest BCUT2D eigenvalue weighted by Gasteiger charge is -2.04. The van der Waals surface area contributed by atoms with Gasteiger partial charge in [-0.3, -0.25) is 0 Å². The standard InChI is InChI=1S/C10H11BrO2/c1-2-3-7-4-9-10(5-8(7)11)13-6-12-9/h4-5H,2-3,6H2,1H3. The molecule has 0 unspecified atom stereocenters. The molecule has 2 rings (SSSR count). The second kappa shape index (κ2) is 3.58. The first-order valence-corrected chi connectivity index (χ1v) is 5.18. The Balaban J connectivity index is 2.37. The molecule has 0 saturated heterocycles. The van der Waals surface area contributed by atoms with E-state index in [0.29, 0.717) is 6.79 Å². The molecular weight excluding hydrogens is 232 g/mol. The fraction of sp³-hybridized carbons (Fsp3) is 0.400. The van der Waals surface area contributed by atoms with E-state index in [2.05, 4.69) is 28.9 Å². The third kappa shape index (κ3) is 1.66. The average Bonchev–Trinajstić information content (AvgIpc) is 2.52. The Hall–Kier alpha value is -0.700. The molecule has 0 spiro atoms. The second-order valence-electron chi connectivity index (χ2n) is 3.05. The topological polar surface area (TPSA) is 18.5 Å². The molecule has 1 aliphatic rings. The van der Waals surface area contributed by atoms with Crippen LogP contribution in [0.5, 0.6) is 11.5 Å². The van der Waals surface area contributed by atoms with Crippen LogP contribution in [-0.2, 0) is 6.42 Å². The molecule has 0 fully saturated rings. The maximum Gasteiger partial charge on any atom is 0.231 e. The first-order valence-electron chi connectivity index (χ1n) is 4.39. The van der Waals surface area contributed by atoms with Gasteiger partial charge in [0.15, 0.2) is 11.5 Å². The summed E-state index contributed by atoms with van der Waals surface area (Å²) in [6.45, 7) is 2.51. The molecule has 1 aromatic carbocycles. The van der Waals surface area contributed by atoms with Gasteiger partial charge in [0.2, 0.25) is 6.79 Å². The largest absolute Gasteiger partial charge is 0.454 e. The van der Waals surface area contributed by atoms with Crippen molar-refractivity contribution in [3.05, 3.63) is 22.2 Å². The highest BCUT2D eigenvalue weighted by Gasteiger charge is 2.15. The minimum absolute atomic E-state index is 0.345. The first-order chi connectivity index (χ1) is 6.31. The summed E-state index contributed by atoms with van der Waals surface area (Å²) in [6, 6.07) is 4.03. The molecule has 0 radical (unpaired) electrons. The van der Waals surface area contributed by atoms with Crippen molar-refractivity contribution in [3.8, 4) is 11.5 Å². The predicted molar refractivity (Wildman–Crippen MR) is 54.3 cm³/mol. The number of hydrogen-bond donors (Lipinski definition) is 0. The summed E-state index contributed by atoms with van der Waals surface area (Å²) in [6.07, 6.45) is 2.20. The van der Waals surface area contributed by atoms with Gasteiger partial charge in [-0.05, 0) is 24.1 Å². The summed E-state index contributed by atoms with van der Waals surface area (Å²) in [5.74, 6) is 1.71. The van der Waals surface area contributed by atoms with Crippen molar-refractivity contribution in [2.24, 2.45) is 0 Å². The number of rotatable bonds is 2. The Morgan fingerprint density at radius 1 is 1.31 bits per heavy atom. The molecule has 70 valence electrons. The lowest BCUT2D eigenvalue weighted by Crippen LogP contribution is -1.92. The van der Waals surface area contributed by atoms with E-state index < -0.39 is 0 Å². The van der Waals surface area contributed by atoms with E-state index in [1.54, 1.807) is 0 Å². The Labute approximate surface area is 86.0 Å². The monoisotopic (exact) mass is 242 g/mol. The van der Waals surface area contributed by atoms with Gasteiger partial charge in [0.25, 0.3) is 0 Å². The lowest BCUT2D eigenvalue weighted by atomic mass is 10.1. The van der Waals surface area contributed by atoms with Gasteiger partial charge in [0, 0.05) is 4.47 Å². The van der Waals surface area contributed by atoms with Gasteiger partial charge in [0.1, 0.15) is 0 Å². The maximum atomic E-state index is 5.30. The number of aryl methyl sites for hydroxylation is 1. The van der Waals surface area contributed by atoms with Crippen molar-refractivity contribution in [3.63, 3.8) is 0 Å². The van der Waals surface area contributed by atoms with E-state index in [0.717, 1.165) is 28.8 Å². The van der Waals surface area contributed by atoms with Crippen molar-refractivity contribution in [1.82, 2.24) is 0 Å². The summed E-state index contributed by atoms with van der Waals surface area (Å²) in [7, 11) is 0. The maximum absolute atomic E-state index is 5.30. The Morgan fingerprint density at radius 3 is 2.69 bits per heavy atom. The molecule has 0 atom stereocenters. The quantitative estimate of drug-likeness (QED) is 0.794. The average molecular weight is 243 g/mol. The van der Waals surface area contributed by atoms with Crippen LogP contribution in [0.1, 0.15) is 18.9 Å². The van der Waals surface area contributed by atoms with Crippen molar-refractivity contribution < 1.29 is 9.47 Å². The predicted octanol–water partition coefficient (Wildman–Crippen LogP) is 3.13. The zero-order chi connectivity index (χ0) is 9.26. The minimum Gasteiger partial charge on any atom is -0.454 e. The van der Waals surface area contributed by atoms with Gasteiger partial charge in [-0.2, -0.15) is 0 Å².